The Bertz CT molecular complexity index is 1060. The maximum absolute atomic E-state index is 12.7. The van der Waals surface area contributed by atoms with Gasteiger partial charge in [0.15, 0.2) is 0 Å². The summed E-state index contributed by atoms with van der Waals surface area (Å²) in [6.45, 7) is 0. The number of aryl methyl sites for hydroxylation is 1. The molecule has 130 valence electrons. The minimum atomic E-state index is -0.166. The number of rotatable bonds is 4. The predicted molar refractivity (Wildman–Crippen MR) is 101 cm³/mol. The first-order valence-electron chi connectivity index (χ1n) is 8.19. The van der Waals surface area contributed by atoms with E-state index in [-0.39, 0.29) is 5.91 Å². The van der Waals surface area contributed by atoms with Crippen LogP contribution in [0.3, 0.4) is 0 Å². The van der Waals surface area contributed by atoms with E-state index in [1.807, 2.05) is 70.9 Å². The standard InChI is InChI=1S/C20H18N4O2/c1-23-17-4-3-5-19(26-2)16(17)12-18(23)20(25)22-14-6-8-15(9-7-14)24-11-10-21-13-24/h3-13H,1-2H3,(H,22,25). The molecule has 0 fully saturated rings. The minimum absolute atomic E-state index is 0.166. The van der Waals surface area contributed by atoms with Crippen molar-refractivity contribution in [2.45, 2.75) is 0 Å². The molecule has 2 aromatic carbocycles. The summed E-state index contributed by atoms with van der Waals surface area (Å²) in [6, 6.07) is 15.2. The third-order valence-electron chi connectivity index (χ3n) is 4.43. The van der Waals surface area contributed by atoms with Crippen LogP contribution in [0.4, 0.5) is 5.69 Å². The first-order chi connectivity index (χ1) is 12.7. The maximum atomic E-state index is 12.7. The number of nitrogens with one attached hydrogen (secondary N) is 1. The van der Waals surface area contributed by atoms with Crippen LogP contribution in [0.2, 0.25) is 0 Å². The Morgan fingerprint density at radius 2 is 1.96 bits per heavy atom. The molecular weight excluding hydrogens is 328 g/mol. The van der Waals surface area contributed by atoms with Crippen LogP contribution < -0.4 is 10.1 Å². The number of anilines is 1. The topological polar surface area (TPSA) is 61.1 Å². The van der Waals surface area contributed by atoms with E-state index in [0.29, 0.717) is 5.69 Å². The summed E-state index contributed by atoms with van der Waals surface area (Å²) in [7, 11) is 3.50. The van der Waals surface area contributed by atoms with Gasteiger partial charge in [-0.05, 0) is 42.5 Å². The Morgan fingerprint density at radius 1 is 1.15 bits per heavy atom. The van der Waals surface area contributed by atoms with Crippen molar-refractivity contribution in [1.82, 2.24) is 14.1 Å². The van der Waals surface area contributed by atoms with E-state index in [0.717, 1.165) is 28.0 Å². The fourth-order valence-corrected chi connectivity index (χ4v) is 3.05. The van der Waals surface area contributed by atoms with Crippen molar-refractivity contribution in [3.8, 4) is 11.4 Å². The normalized spacial score (nSPS) is 10.8. The van der Waals surface area contributed by atoms with E-state index >= 15 is 0 Å². The van der Waals surface area contributed by atoms with Crippen molar-refractivity contribution in [2.75, 3.05) is 12.4 Å². The molecule has 0 unspecified atom stereocenters. The van der Waals surface area contributed by atoms with E-state index in [2.05, 4.69) is 10.3 Å². The molecule has 0 saturated carbocycles. The van der Waals surface area contributed by atoms with Crippen molar-refractivity contribution < 1.29 is 9.53 Å². The average Bonchev–Trinajstić information content (AvgIpc) is 3.31. The largest absolute Gasteiger partial charge is 0.496 e. The Balaban J connectivity index is 1.60. The predicted octanol–water partition coefficient (Wildman–Crippen LogP) is 3.62. The molecule has 1 N–H and O–H groups in total. The minimum Gasteiger partial charge on any atom is -0.496 e. The highest BCUT2D eigenvalue weighted by Crippen LogP contribution is 2.28. The lowest BCUT2D eigenvalue weighted by Gasteiger charge is -2.08. The van der Waals surface area contributed by atoms with Crippen molar-refractivity contribution in [1.29, 1.82) is 0 Å². The van der Waals surface area contributed by atoms with Gasteiger partial charge in [-0.3, -0.25) is 4.79 Å². The number of imidazole rings is 1. The zero-order valence-electron chi connectivity index (χ0n) is 14.5. The Hall–Kier alpha value is -3.54. The third kappa shape index (κ3) is 2.71. The second-order valence-electron chi connectivity index (χ2n) is 5.95. The lowest BCUT2D eigenvalue weighted by molar-refractivity contribution is 0.102. The van der Waals surface area contributed by atoms with E-state index < -0.39 is 0 Å². The fourth-order valence-electron chi connectivity index (χ4n) is 3.05. The number of carbonyl (C=O) groups excluding carboxylic acids is 1. The van der Waals surface area contributed by atoms with Crippen LogP contribution in [0.1, 0.15) is 10.5 Å². The molecule has 6 heteroatoms. The summed E-state index contributed by atoms with van der Waals surface area (Å²) in [5.74, 6) is 0.586. The van der Waals surface area contributed by atoms with Gasteiger partial charge in [0.05, 0.1) is 19.0 Å². The number of ether oxygens (including phenoxy) is 1. The summed E-state index contributed by atoms with van der Waals surface area (Å²) >= 11 is 0. The summed E-state index contributed by atoms with van der Waals surface area (Å²) in [5, 5.41) is 3.86. The molecular formula is C20H18N4O2. The van der Waals surface area contributed by atoms with Crippen LogP contribution >= 0.6 is 0 Å². The number of amides is 1. The molecule has 0 aliphatic carbocycles. The lowest BCUT2D eigenvalue weighted by Crippen LogP contribution is -2.15. The smallest absolute Gasteiger partial charge is 0.272 e. The number of hydrogen-bond acceptors (Lipinski definition) is 3. The Labute approximate surface area is 150 Å². The molecule has 0 spiro atoms. The molecule has 2 heterocycles. The number of benzene rings is 2. The summed E-state index contributed by atoms with van der Waals surface area (Å²) in [6.07, 6.45) is 5.33. The molecule has 0 aliphatic heterocycles. The summed E-state index contributed by atoms with van der Waals surface area (Å²) in [4.78, 5) is 16.8. The van der Waals surface area contributed by atoms with Crippen molar-refractivity contribution >= 4 is 22.5 Å². The van der Waals surface area contributed by atoms with Crippen molar-refractivity contribution in [2.24, 2.45) is 7.05 Å². The van der Waals surface area contributed by atoms with Gasteiger partial charge in [0, 0.05) is 36.2 Å². The van der Waals surface area contributed by atoms with Gasteiger partial charge in [-0.15, -0.1) is 0 Å². The Morgan fingerprint density at radius 3 is 2.65 bits per heavy atom. The monoisotopic (exact) mass is 346 g/mol. The molecule has 4 rings (SSSR count). The average molecular weight is 346 g/mol. The second kappa shape index (κ2) is 6.40. The SMILES string of the molecule is COc1cccc2c1cc(C(=O)Nc1ccc(-n3ccnc3)cc1)n2C. The lowest BCUT2D eigenvalue weighted by atomic mass is 10.2. The Kier molecular flexibility index (Phi) is 3.93. The molecule has 0 radical (unpaired) electrons. The van der Waals surface area contributed by atoms with Crippen LogP contribution in [-0.4, -0.2) is 27.1 Å². The number of methoxy groups -OCH3 is 1. The van der Waals surface area contributed by atoms with Gasteiger partial charge in [-0.2, -0.15) is 0 Å². The molecule has 1 amide bonds. The van der Waals surface area contributed by atoms with Crippen LogP contribution in [0.5, 0.6) is 5.75 Å². The zero-order valence-corrected chi connectivity index (χ0v) is 14.5. The van der Waals surface area contributed by atoms with Crippen molar-refractivity contribution in [3.63, 3.8) is 0 Å². The van der Waals surface area contributed by atoms with Gasteiger partial charge in [-0.1, -0.05) is 6.07 Å². The molecule has 2 aromatic heterocycles. The van der Waals surface area contributed by atoms with Crippen LogP contribution in [0.25, 0.3) is 16.6 Å². The number of fused-ring (bicyclic) bond motifs is 1. The van der Waals surface area contributed by atoms with E-state index in [9.17, 15) is 4.79 Å². The number of aromatic nitrogens is 3. The fraction of sp³-hybridized carbons (Fsp3) is 0.100. The molecule has 26 heavy (non-hydrogen) atoms. The molecule has 0 atom stereocenters. The summed E-state index contributed by atoms with van der Waals surface area (Å²) in [5.41, 5.74) is 3.24. The highest BCUT2D eigenvalue weighted by molar-refractivity contribution is 6.07. The summed E-state index contributed by atoms with van der Waals surface area (Å²) < 4.78 is 9.16. The number of nitrogens with zero attached hydrogens (tertiary/aromatic N) is 3. The first-order valence-corrected chi connectivity index (χ1v) is 8.19. The quantitative estimate of drug-likeness (QED) is 0.614. The van der Waals surface area contributed by atoms with Crippen LogP contribution in [0.15, 0.2) is 67.3 Å². The molecule has 0 bridgehead atoms. The van der Waals surface area contributed by atoms with Crippen molar-refractivity contribution in [3.05, 3.63) is 72.9 Å². The van der Waals surface area contributed by atoms with Gasteiger partial charge < -0.3 is 19.2 Å². The van der Waals surface area contributed by atoms with E-state index in [1.54, 1.807) is 19.6 Å². The highest BCUT2D eigenvalue weighted by Gasteiger charge is 2.15. The van der Waals surface area contributed by atoms with Gasteiger partial charge >= 0.3 is 0 Å². The maximum Gasteiger partial charge on any atom is 0.272 e. The van der Waals surface area contributed by atoms with Crippen LogP contribution in [-0.2, 0) is 7.05 Å². The van der Waals surface area contributed by atoms with Gasteiger partial charge in [0.2, 0.25) is 0 Å². The number of carbonyl (C=O) groups is 1. The van der Waals surface area contributed by atoms with Gasteiger partial charge in [0.1, 0.15) is 11.4 Å². The van der Waals surface area contributed by atoms with E-state index in [4.69, 9.17) is 4.74 Å². The zero-order chi connectivity index (χ0) is 18.1. The third-order valence-corrected chi connectivity index (χ3v) is 4.43. The second-order valence-corrected chi connectivity index (χ2v) is 5.95. The van der Waals surface area contributed by atoms with E-state index in [1.165, 1.54) is 0 Å². The van der Waals surface area contributed by atoms with Crippen LogP contribution in [0, 0.1) is 0 Å². The molecule has 0 saturated heterocycles. The first kappa shape index (κ1) is 16.0. The van der Waals surface area contributed by atoms with Gasteiger partial charge in [0.25, 0.3) is 5.91 Å². The highest BCUT2D eigenvalue weighted by atomic mass is 16.5. The number of hydrogen-bond donors (Lipinski definition) is 1. The molecule has 0 aliphatic rings. The molecule has 4 aromatic rings. The van der Waals surface area contributed by atoms with Gasteiger partial charge in [-0.25, -0.2) is 4.98 Å². The molecule has 6 nitrogen and oxygen atoms in total.